The van der Waals surface area contributed by atoms with Crippen molar-refractivity contribution in [2.24, 2.45) is 35.5 Å². The molecule has 9 atom stereocenters. The predicted molar refractivity (Wildman–Crippen MR) is 121 cm³/mol. The number of hydrogen-bond acceptors (Lipinski definition) is 6. The molecular formula is C25H40O7. The second-order valence-electron chi connectivity index (χ2n) is 9.70. The van der Waals surface area contributed by atoms with Gasteiger partial charge in [0.05, 0.1) is 24.0 Å². The van der Waals surface area contributed by atoms with E-state index in [1.165, 1.54) is 6.92 Å². The van der Waals surface area contributed by atoms with Gasteiger partial charge in [-0.1, -0.05) is 39.0 Å². The van der Waals surface area contributed by atoms with E-state index in [2.05, 4.69) is 25.2 Å². The summed E-state index contributed by atoms with van der Waals surface area (Å²) < 4.78 is 5.96. The molecule has 7 nitrogen and oxygen atoms in total. The Morgan fingerprint density at radius 1 is 1.25 bits per heavy atom. The number of rotatable bonds is 11. The SMILES string of the molecule is CCC(C)C(=O)O[C@H]1C[C@H](CO)C=C2C=C[C@H](C)[C@H](CC[C@@H](O)C[C@@H](O)C(C)C(=O)O)[C@H]21. The number of fused-ring (bicyclic) bond motifs is 1. The average molecular weight is 453 g/mol. The normalized spacial score (nSPS) is 31.1. The summed E-state index contributed by atoms with van der Waals surface area (Å²) in [5.74, 6) is -2.17. The molecular weight excluding hydrogens is 412 g/mol. The Labute approximate surface area is 191 Å². The highest BCUT2D eigenvalue weighted by atomic mass is 16.5. The van der Waals surface area contributed by atoms with Crippen LogP contribution in [0.4, 0.5) is 0 Å². The standard InChI is InChI=1S/C25H40O7/c1-5-14(2)25(31)32-22-11-17(13-26)10-18-7-6-15(3)20(23(18)22)9-8-19(27)12-21(28)16(4)24(29)30/h6-7,10,14-17,19-23,26-28H,5,8-9,11-13H2,1-4H3,(H,29,30)/t14?,15-,16?,17+,19+,20-,21+,22-,23-/m0/s1. The number of allylic oxidation sites excluding steroid dienone is 2. The van der Waals surface area contributed by atoms with E-state index >= 15 is 0 Å². The van der Waals surface area contributed by atoms with Crippen molar-refractivity contribution in [1.82, 2.24) is 0 Å². The van der Waals surface area contributed by atoms with Crippen LogP contribution in [-0.4, -0.2) is 57.3 Å². The van der Waals surface area contributed by atoms with Crippen molar-refractivity contribution < 1.29 is 34.8 Å². The fourth-order valence-corrected chi connectivity index (χ4v) is 4.81. The Balaban J connectivity index is 2.14. The lowest BCUT2D eigenvalue weighted by Crippen LogP contribution is -2.42. The van der Waals surface area contributed by atoms with E-state index in [9.17, 15) is 24.9 Å². The van der Waals surface area contributed by atoms with Gasteiger partial charge in [0.25, 0.3) is 0 Å². The Kier molecular flexibility index (Phi) is 9.92. The summed E-state index contributed by atoms with van der Waals surface area (Å²) in [6.45, 7) is 7.34. The van der Waals surface area contributed by atoms with Crippen molar-refractivity contribution >= 4 is 11.9 Å². The number of aliphatic carboxylic acids is 1. The minimum absolute atomic E-state index is 0.0000261. The first-order chi connectivity index (χ1) is 15.1. The number of carbonyl (C=O) groups is 2. The lowest BCUT2D eigenvalue weighted by atomic mass is 9.65. The summed E-state index contributed by atoms with van der Waals surface area (Å²) in [6.07, 6.45) is 6.36. The van der Waals surface area contributed by atoms with Gasteiger partial charge in [-0.15, -0.1) is 0 Å². The highest BCUT2D eigenvalue weighted by Crippen LogP contribution is 2.45. The maximum absolute atomic E-state index is 12.6. The molecule has 0 heterocycles. The topological polar surface area (TPSA) is 124 Å². The third-order valence-corrected chi connectivity index (χ3v) is 7.31. The first kappa shape index (κ1) is 26.6. The van der Waals surface area contributed by atoms with Crippen LogP contribution in [0.2, 0.25) is 0 Å². The highest BCUT2D eigenvalue weighted by molar-refractivity contribution is 5.72. The lowest BCUT2D eigenvalue weighted by molar-refractivity contribution is -0.159. The summed E-state index contributed by atoms with van der Waals surface area (Å²) in [6, 6.07) is 0. The molecule has 182 valence electrons. The van der Waals surface area contributed by atoms with Gasteiger partial charge in [-0.05, 0) is 50.0 Å². The predicted octanol–water partition coefficient (Wildman–Crippen LogP) is 2.93. The molecule has 32 heavy (non-hydrogen) atoms. The van der Waals surface area contributed by atoms with Gasteiger partial charge in [-0.25, -0.2) is 0 Å². The number of aliphatic hydroxyl groups is 3. The molecule has 0 amide bonds. The Bertz CT molecular complexity index is 700. The van der Waals surface area contributed by atoms with Crippen LogP contribution < -0.4 is 0 Å². The van der Waals surface area contributed by atoms with Crippen molar-refractivity contribution in [2.45, 2.75) is 78.1 Å². The molecule has 4 N–H and O–H groups in total. The van der Waals surface area contributed by atoms with E-state index in [1.807, 2.05) is 13.8 Å². The van der Waals surface area contributed by atoms with Crippen molar-refractivity contribution in [3.8, 4) is 0 Å². The lowest BCUT2D eigenvalue weighted by Gasteiger charge is -2.43. The minimum Gasteiger partial charge on any atom is -0.481 e. The molecule has 2 rings (SSSR count). The van der Waals surface area contributed by atoms with Gasteiger partial charge in [-0.3, -0.25) is 9.59 Å². The zero-order valence-corrected chi connectivity index (χ0v) is 19.7. The maximum Gasteiger partial charge on any atom is 0.308 e. The van der Waals surface area contributed by atoms with E-state index in [1.54, 1.807) is 0 Å². The smallest absolute Gasteiger partial charge is 0.308 e. The van der Waals surface area contributed by atoms with Gasteiger partial charge in [0.1, 0.15) is 6.10 Å². The van der Waals surface area contributed by atoms with Crippen LogP contribution in [-0.2, 0) is 14.3 Å². The van der Waals surface area contributed by atoms with Gasteiger partial charge in [0.2, 0.25) is 0 Å². The molecule has 0 aromatic heterocycles. The molecule has 7 heteroatoms. The monoisotopic (exact) mass is 452 g/mol. The number of esters is 1. The molecule has 0 fully saturated rings. The zero-order chi connectivity index (χ0) is 24.0. The van der Waals surface area contributed by atoms with E-state index in [0.29, 0.717) is 25.7 Å². The molecule has 0 bridgehead atoms. The van der Waals surface area contributed by atoms with Crippen molar-refractivity contribution in [2.75, 3.05) is 6.61 Å². The molecule has 2 unspecified atom stereocenters. The summed E-state index contributed by atoms with van der Waals surface area (Å²) in [5, 5.41) is 39.3. The highest BCUT2D eigenvalue weighted by Gasteiger charge is 2.42. The summed E-state index contributed by atoms with van der Waals surface area (Å²) >= 11 is 0. The summed E-state index contributed by atoms with van der Waals surface area (Å²) in [5.41, 5.74) is 1.06. The van der Waals surface area contributed by atoms with Crippen LogP contribution in [0.3, 0.4) is 0 Å². The van der Waals surface area contributed by atoms with Crippen LogP contribution in [0, 0.1) is 35.5 Å². The van der Waals surface area contributed by atoms with E-state index < -0.39 is 24.1 Å². The third kappa shape index (κ3) is 6.65. The van der Waals surface area contributed by atoms with Crippen LogP contribution in [0.1, 0.15) is 59.8 Å². The Morgan fingerprint density at radius 3 is 2.53 bits per heavy atom. The van der Waals surface area contributed by atoms with E-state index in [0.717, 1.165) is 5.57 Å². The summed E-state index contributed by atoms with van der Waals surface area (Å²) in [4.78, 5) is 23.6. The van der Waals surface area contributed by atoms with Crippen molar-refractivity contribution in [3.05, 3.63) is 23.8 Å². The number of ether oxygens (including phenoxy) is 1. The molecule has 0 saturated heterocycles. The van der Waals surface area contributed by atoms with Crippen LogP contribution >= 0.6 is 0 Å². The number of aliphatic hydroxyl groups excluding tert-OH is 3. The van der Waals surface area contributed by atoms with Crippen LogP contribution in [0.15, 0.2) is 23.8 Å². The number of carbonyl (C=O) groups excluding carboxylic acids is 1. The quantitative estimate of drug-likeness (QED) is 0.355. The Hall–Kier alpha value is -1.70. The van der Waals surface area contributed by atoms with Crippen LogP contribution in [0.5, 0.6) is 0 Å². The number of hydrogen-bond donors (Lipinski definition) is 4. The largest absolute Gasteiger partial charge is 0.481 e. The van der Waals surface area contributed by atoms with Gasteiger partial charge in [0.15, 0.2) is 0 Å². The zero-order valence-electron chi connectivity index (χ0n) is 19.7. The minimum atomic E-state index is -1.11. The fraction of sp³-hybridized carbons (Fsp3) is 0.760. The van der Waals surface area contributed by atoms with Crippen molar-refractivity contribution in [1.29, 1.82) is 0 Å². The molecule has 2 aliphatic carbocycles. The maximum atomic E-state index is 12.6. The van der Waals surface area contributed by atoms with Gasteiger partial charge in [0, 0.05) is 24.9 Å². The molecule has 0 saturated carbocycles. The van der Waals surface area contributed by atoms with Crippen LogP contribution in [0.25, 0.3) is 0 Å². The molecule has 0 radical (unpaired) electrons. The van der Waals surface area contributed by atoms with E-state index in [-0.39, 0.29) is 54.7 Å². The molecule has 0 aliphatic heterocycles. The first-order valence-corrected chi connectivity index (χ1v) is 11.9. The van der Waals surface area contributed by atoms with E-state index in [4.69, 9.17) is 9.84 Å². The first-order valence-electron chi connectivity index (χ1n) is 11.9. The molecule has 0 aromatic carbocycles. The second kappa shape index (κ2) is 12.0. The molecule has 0 aromatic rings. The van der Waals surface area contributed by atoms with Gasteiger partial charge >= 0.3 is 11.9 Å². The summed E-state index contributed by atoms with van der Waals surface area (Å²) in [7, 11) is 0. The van der Waals surface area contributed by atoms with Crippen molar-refractivity contribution in [3.63, 3.8) is 0 Å². The van der Waals surface area contributed by atoms with Gasteiger partial charge in [-0.2, -0.15) is 0 Å². The fourth-order valence-electron chi connectivity index (χ4n) is 4.81. The number of carboxylic acids is 1. The third-order valence-electron chi connectivity index (χ3n) is 7.31. The average Bonchev–Trinajstić information content (AvgIpc) is 2.76. The molecule has 0 spiro atoms. The molecule has 2 aliphatic rings. The number of carboxylic acid groups (broad SMARTS) is 1. The Morgan fingerprint density at radius 2 is 1.94 bits per heavy atom. The van der Waals surface area contributed by atoms with Gasteiger partial charge < -0.3 is 25.2 Å². The second-order valence-corrected chi connectivity index (χ2v) is 9.70.